The maximum atomic E-state index is 12.3. The van der Waals surface area contributed by atoms with E-state index in [2.05, 4.69) is 0 Å². The Morgan fingerprint density at radius 1 is 1.20 bits per heavy atom. The summed E-state index contributed by atoms with van der Waals surface area (Å²) < 4.78 is 26.1. The number of carbonyl (C=O) groups excluding carboxylic acids is 1. The standard InChI is InChI=1S/C12H13N3O4S/c1-9-2-4-10(5-3-9)20(18,19)15-7-6-14(12(15)17)8-11(13)16/h2-7H,8H2,1H3,(H2,13,16). The lowest BCUT2D eigenvalue weighted by molar-refractivity contribution is -0.118. The second-order valence-corrected chi connectivity index (χ2v) is 6.10. The van der Waals surface area contributed by atoms with Gasteiger partial charge in [-0.2, -0.15) is 3.97 Å². The fourth-order valence-corrected chi connectivity index (χ4v) is 2.92. The summed E-state index contributed by atoms with van der Waals surface area (Å²) in [4.78, 5) is 22.7. The number of imidazole rings is 1. The van der Waals surface area contributed by atoms with Crippen LogP contribution in [-0.2, 0) is 21.4 Å². The minimum absolute atomic E-state index is 0.00188. The van der Waals surface area contributed by atoms with Crippen molar-refractivity contribution >= 4 is 15.9 Å². The van der Waals surface area contributed by atoms with Gasteiger partial charge in [0.15, 0.2) is 0 Å². The van der Waals surface area contributed by atoms with E-state index in [0.717, 1.165) is 16.3 Å². The van der Waals surface area contributed by atoms with Crippen LogP contribution >= 0.6 is 0 Å². The quantitative estimate of drug-likeness (QED) is 0.834. The molecule has 1 aromatic carbocycles. The van der Waals surface area contributed by atoms with Crippen LogP contribution in [0.5, 0.6) is 0 Å². The minimum atomic E-state index is -3.97. The lowest BCUT2D eigenvalue weighted by Crippen LogP contribution is -2.32. The molecule has 0 bridgehead atoms. The van der Waals surface area contributed by atoms with Crippen molar-refractivity contribution in [1.82, 2.24) is 8.54 Å². The fraction of sp³-hybridized carbons (Fsp3) is 0.167. The van der Waals surface area contributed by atoms with E-state index < -0.39 is 21.6 Å². The third-order valence-electron chi connectivity index (χ3n) is 2.72. The summed E-state index contributed by atoms with van der Waals surface area (Å²) in [6.45, 7) is 1.46. The fourth-order valence-electron chi connectivity index (χ4n) is 1.69. The number of nitrogens with zero attached hydrogens (tertiary/aromatic N) is 2. The van der Waals surface area contributed by atoms with E-state index in [4.69, 9.17) is 5.73 Å². The van der Waals surface area contributed by atoms with E-state index >= 15 is 0 Å². The molecule has 0 aliphatic carbocycles. The number of rotatable bonds is 4. The molecule has 1 amide bonds. The van der Waals surface area contributed by atoms with Crippen molar-refractivity contribution in [3.8, 4) is 0 Å². The summed E-state index contributed by atoms with van der Waals surface area (Å²) in [7, 11) is -3.97. The lowest BCUT2D eigenvalue weighted by atomic mass is 10.2. The van der Waals surface area contributed by atoms with Crippen molar-refractivity contribution in [3.05, 3.63) is 52.7 Å². The van der Waals surface area contributed by atoms with Crippen molar-refractivity contribution in [2.75, 3.05) is 0 Å². The van der Waals surface area contributed by atoms with Gasteiger partial charge in [0.1, 0.15) is 6.54 Å². The van der Waals surface area contributed by atoms with E-state index in [9.17, 15) is 18.0 Å². The summed E-state index contributed by atoms with van der Waals surface area (Å²) in [5.41, 5.74) is 5.06. The third-order valence-corrected chi connectivity index (χ3v) is 4.38. The Hall–Kier alpha value is -2.35. The number of benzene rings is 1. The molecule has 7 nitrogen and oxygen atoms in total. The van der Waals surface area contributed by atoms with Crippen molar-refractivity contribution in [2.45, 2.75) is 18.4 Å². The normalized spacial score (nSPS) is 11.4. The number of amides is 1. The predicted octanol–water partition coefficient (Wildman–Crippen LogP) is -0.319. The highest BCUT2D eigenvalue weighted by Crippen LogP contribution is 2.12. The van der Waals surface area contributed by atoms with Gasteiger partial charge in [-0.3, -0.25) is 9.36 Å². The summed E-state index contributed by atoms with van der Waals surface area (Å²) in [5.74, 6) is -0.724. The number of carbonyl (C=O) groups is 1. The van der Waals surface area contributed by atoms with Gasteiger partial charge in [0.2, 0.25) is 5.91 Å². The van der Waals surface area contributed by atoms with E-state index in [1.807, 2.05) is 6.92 Å². The first-order chi connectivity index (χ1) is 9.32. The van der Waals surface area contributed by atoms with Gasteiger partial charge in [-0.15, -0.1) is 0 Å². The molecule has 1 aromatic heterocycles. The number of aryl methyl sites for hydroxylation is 1. The smallest absolute Gasteiger partial charge is 0.342 e. The molecular weight excluding hydrogens is 282 g/mol. The van der Waals surface area contributed by atoms with Gasteiger partial charge in [-0.1, -0.05) is 17.7 Å². The van der Waals surface area contributed by atoms with Gasteiger partial charge in [-0.25, -0.2) is 13.2 Å². The minimum Gasteiger partial charge on any atom is -0.368 e. The van der Waals surface area contributed by atoms with Gasteiger partial charge in [-0.05, 0) is 19.1 Å². The zero-order valence-electron chi connectivity index (χ0n) is 10.7. The van der Waals surface area contributed by atoms with Crippen LogP contribution in [0.25, 0.3) is 0 Å². The maximum absolute atomic E-state index is 12.3. The Bertz CT molecular complexity index is 800. The van der Waals surface area contributed by atoms with E-state index in [-0.39, 0.29) is 11.4 Å². The molecule has 0 radical (unpaired) electrons. The summed E-state index contributed by atoms with van der Waals surface area (Å²) in [5, 5.41) is 0. The van der Waals surface area contributed by atoms with Crippen molar-refractivity contribution in [2.24, 2.45) is 5.73 Å². The third kappa shape index (κ3) is 2.50. The van der Waals surface area contributed by atoms with E-state index in [1.54, 1.807) is 12.1 Å². The summed E-state index contributed by atoms with van der Waals surface area (Å²) >= 11 is 0. The molecule has 2 aromatic rings. The van der Waals surface area contributed by atoms with Gasteiger partial charge < -0.3 is 5.73 Å². The molecule has 20 heavy (non-hydrogen) atoms. The molecule has 0 spiro atoms. The molecule has 2 rings (SSSR count). The molecule has 0 aliphatic rings. The monoisotopic (exact) mass is 295 g/mol. The Morgan fingerprint density at radius 3 is 2.35 bits per heavy atom. The van der Waals surface area contributed by atoms with Crippen LogP contribution in [0.2, 0.25) is 0 Å². The molecule has 0 saturated heterocycles. The Kier molecular flexibility index (Phi) is 3.49. The van der Waals surface area contributed by atoms with Crippen LogP contribution in [-0.4, -0.2) is 22.9 Å². The largest absolute Gasteiger partial charge is 0.368 e. The highest BCUT2D eigenvalue weighted by molar-refractivity contribution is 7.90. The number of primary amides is 1. The molecule has 106 valence electrons. The predicted molar refractivity (Wildman–Crippen MR) is 71.6 cm³/mol. The van der Waals surface area contributed by atoms with Crippen molar-refractivity contribution < 1.29 is 13.2 Å². The van der Waals surface area contributed by atoms with Crippen LogP contribution in [0.1, 0.15) is 5.56 Å². The highest BCUT2D eigenvalue weighted by Gasteiger charge is 2.20. The zero-order valence-corrected chi connectivity index (χ0v) is 11.5. The first kappa shape index (κ1) is 14.1. The molecular formula is C12H13N3O4S. The van der Waals surface area contributed by atoms with Gasteiger partial charge >= 0.3 is 5.69 Å². The second kappa shape index (κ2) is 4.97. The lowest BCUT2D eigenvalue weighted by Gasteiger charge is -2.04. The molecule has 1 heterocycles. The molecule has 0 saturated carbocycles. The number of hydrogen-bond donors (Lipinski definition) is 1. The molecule has 0 atom stereocenters. The van der Waals surface area contributed by atoms with Crippen molar-refractivity contribution in [1.29, 1.82) is 0 Å². The second-order valence-electron chi connectivity index (χ2n) is 4.29. The summed E-state index contributed by atoms with van der Waals surface area (Å²) in [6, 6.07) is 6.11. The number of hydrogen-bond acceptors (Lipinski definition) is 4. The van der Waals surface area contributed by atoms with Crippen LogP contribution in [0.3, 0.4) is 0 Å². The van der Waals surface area contributed by atoms with Gasteiger partial charge in [0, 0.05) is 12.4 Å². The average molecular weight is 295 g/mol. The van der Waals surface area contributed by atoms with Gasteiger partial charge in [0.25, 0.3) is 10.0 Å². The van der Waals surface area contributed by atoms with Gasteiger partial charge in [0.05, 0.1) is 4.90 Å². The Morgan fingerprint density at radius 2 is 1.80 bits per heavy atom. The average Bonchev–Trinajstić information content (AvgIpc) is 2.71. The zero-order chi connectivity index (χ0) is 14.9. The molecule has 0 fully saturated rings. The van der Waals surface area contributed by atoms with Crippen LogP contribution in [0.4, 0.5) is 0 Å². The van der Waals surface area contributed by atoms with Crippen LogP contribution in [0.15, 0.2) is 46.3 Å². The number of nitrogens with two attached hydrogens (primary N) is 1. The van der Waals surface area contributed by atoms with Crippen LogP contribution < -0.4 is 11.4 Å². The topological polar surface area (TPSA) is 104 Å². The molecule has 0 aliphatic heterocycles. The maximum Gasteiger partial charge on any atom is 0.342 e. The summed E-state index contributed by atoms with van der Waals surface area (Å²) in [6.07, 6.45) is 2.30. The Labute approximate surface area is 115 Å². The number of aromatic nitrogens is 2. The Balaban J connectivity index is 2.50. The molecule has 2 N–H and O–H groups in total. The first-order valence-corrected chi connectivity index (χ1v) is 7.15. The van der Waals surface area contributed by atoms with Crippen LogP contribution in [0, 0.1) is 6.92 Å². The SMILES string of the molecule is Cc1ccc(S(=O)(=O)n2ccn(CC(N)=O)c2=O)cc1. The first-order valence-electron chi connectivity index (χ1n) is 5.71. The molecule has 8 heteroatoms. The van der Waals surface area contributed by atoms with Crippen molar-refractivity contribution in [3.63, 3.8) is 0 Å². The molecule has 0 unspecified atom stereocenters. The van der Waals surface area contributed by atoms with E-state index in [1.165, 1.54) is 18.3 Å². The highest BCUT2D eigenvalue weighted by atomic mass is 32.2. The van der Waals surface area contributed by atoms with E-state index in [0.29, 0.717) is 3.97 Å².